The summed E-state index contributed by atoms with van der Waals surface area (Å²) in [6, 6.07) is 5.61. The van der Waals surface area contributed by atoms with Gasteiger partial charge in [-0.2, -0.15) is 0 Å². The van der Waals surface area contributed by atoms with Crippen molar-refractivity contribution in [3.8, 4) is 0 Å². The van der Waals surface area contributed by atoms with Crippen molar-refractivity contribution in [3.05, 3.63) is 40.5 Å². The van der Waals surface area contributed by atoms with Crippen LogP contribution in [0.4, 0.5) is 5.69 Å². The molecule has 0 unspecified atom stereocenters. The van der Waals surface area contributed by atoms with Crippen LogP contribution in [-0.2, 0) is 4.57 Å². The second-order valence-electron chi connectivity index (χ2n) is 4.33. The summed E-state index contributed by atoms with van der Waals surface area (Å²) in [6.07, 6.45) is 0. The van der Waals surface area contributed by atoms with Gasteiger partial charge in [-0.1, -0.05) is 6.07 Å². The fourth-order valence-electron chi connectivity index (χ4n) is 1.96. The van der Waals surface area contributed by atoms with Crippen LogP contribution < -0.4 is 10.4 Å². The summed E-state index contributed by atoms with van der Waals surface area (Å²) in [7, 11) is -4.43. The molecule has 108 valence electrons. The first kappa shape index (κ1) is 22.9. The van der Waals surface area contributed by atoms with E-state index < -0.39 is 13.5 Å². The predicted octanol–water partition coefficient (Wildman–Crippen LogP) is 1.09. The number of hydrogen-bond acceptors (Lipinski definition) is 4. The molecule has 0 aliphatic carbocycles. The first-order chi connectivity index (χ1) is 9.29. The van der Waals surface area contributed by atoms with Crippen molar-refractivity contribution in [1.82, 2.24) is 5.43 Å². The van der Waals surface area contributed by atoms with Gasteiger partial charge in [-0.15, -0.1) is 0 Å². The topological polar surface area (TPSA) is 93.0 Å². The molecule has 0 fully saturated rings. The molecule has 1 heterocycles. The van der Waals surface area contributed by atoms with Crippen LogP contribution in [0.2, 0.25) is 1.02 Å². The molecule has 1 aromatic carbocycles. The Bertz CT molecular complexity index is 554. The Balaban J connectivity index is 0.00000128. The molecule has 0 bridgehead atoms. The second kappa shape index (κ2) is 10.1. The molecule has 0 radical (unpaired) electrons. The van der Waals surface area contributed by atoms with Crippen LogP contribution >= 0.6 is 7.60 Å². The summed E-state index contributed by atoms with van der Waals surface area (Å²) in [6.45, 7) is 3.76. The van der Waals surface area contributed by atoms with E-state index in [1.807, 2.05) is 32.0 Å². The number of hydrazine groups is 1. The fourth-order valence-corrected chi connectivity index (χ4v) is 2.60. The molecule has 0 amide bonds. The molecule has 6 nitrogen and oxygen atoms in total. The Morgan fingerprint density at radius 2 is 1.67 bits per heavy atom. The normalized spacial score (nSPS) is 14.5. The Morgan fingerprint density at radius 3 is 2.05 bits per heavy atom. The van der Waals surface area contributed by atoms with Crippen LogP contribution in [0.1, 0.15) is 11.1 Å². The minimum atomic E-state index is -4.43. The van der Waals surface area contributed by atoms with Gasteiger partial charge in [0.05, 0.1) is 12.2 Å². The van der Waals surface area contributed by atoms with Crippen molar-refractivity contribution in [2.24, 2.45) is 0 Å². The Morgan fingerprint density at radius 1 is 1.19 bits per heavy atom. The number of aryl methyl sites for hydroxylation is 2. The summed E-state index contributed by atoms with van der Waals surface area (Å²) >= 11 is 1.06. The van der Waals surface area contributed by atoms with Crippen LogP contribution in [0.25, 0.3) is 0 Å². The number of anilines is 1. The molecule has 9 heteroatoms. The predicted molar refractivity (Wildman–Crippen MR) is 86.9 cm³/mol. The number of nitrogens with zero attached hydrogens (tertiary/aromatic N) is 1. The number of aliphatic hydroxyl groups is 1. The molecule has 21 heavy (non-hydrogen) atoms. The van der Waals surface area contributed by atoms with E-state index in [1.165, 1.54) is 5.01 Å². The summed E-state index contributed by atoms with van der Waals surface area (Å²) < 4.78 is 13.4. The monoisotopic (exact) mass is 364 g/mol. The Kier molecular flexibility index (Phi) is 11.0. The number of hydrogen-bond donors (Lipinski definition) is 4. The second-order valence-corrected chi connectivity index (χ2v) is 5.96. The van der Waals surface area contributed by atoms with Crippen molar-refractivity contribution >= 4 is 114 Å². The summed E-state index contributed by atoms with van der Waals surface area (Å²) in [5.74, 6) is -0.423. The van der Waals surface area contributed by atoms with E-state index >= 15 is 0 Å². The number of aliphatic hydroxyl groups excluding tert-OH is 1. The van der Waals surface area contributed by atoms with E-state index in [0.717, 1.165) is 60.1 Å². The maximum atomic E-state index is 11.2. The van der Waals surface area contributed by atoms with E-state index in [1.54, 1.807) is 0 Å². The van der Waals surface area contributed by atoms with Gasteiger partial charge in [0.1, 0.15) is 5.31 Å². The van der Waals surface area contributed by atoms with Gasteiger partial charge in [-0.25, -0.2) is 10.4 Å². The van der Waals surface area contributed by atoms with E-state index in [2.05, 4.69) is 6.44 Å². The molecule has 0 saturated heterocycles. The van der Waals surface area contributed by atoms with Crippen molar-refractivity contribution in [2.45, 2.75) is 14.9 Å². The first-order valence-corrected chi connectivity index (χ1v) is 11.1. The van der Waals surface area contributed by atoms with Crippen molar-refractivity contribution in [3.63, 3.8) is 0 Å². The van der Waals surface area contributed by atoms with E-state index in [-0.39, 0.29) is 63.2 Å². The standard InChI is InChI=1S/C11H15N2O4P.CH3.2K.H/c1-7-3-8(2)5-9(4-7)13-11(14)10(6-12-13)18(15,16)17;;;;/h3-5,12,14H,6H2,1-2H3,(H2,15,16,17);1H3;;;. The van der Waals surface area contributed by atoms with Crippen molar-refractivity contribution in [1.29, 1.82) is 0 Å². The maximum absolute atomic E-state index is 11.2. The van der Waals surface area contributed by atoms with Crippen molar-refractivity contribution in [2.75, 3.05) is 11.6 Å². The Hall–Kier alpha value is 1.94. The SMILES string of the molecule is Cc1cc(C)cc(N2NCC(P(=O)(O)O)=C2O)c1.[CH3][K].[KH]. The molecular formula is C12H19K2N2O4P. The van der Waals surface area contributed by atoms with Crippen LogP contribution in [-0.4, -0.2) is 122 Å². The Labute approximate surface area is 201 Å². The summed E-state index contributed by atoms with van der Waals surface area (Å²) in [4.78, 5) is 18.2. The summed E-state index contributed by atoms with van der Waals surface area (Å²) in [5.41, 5.74) is 5.41. The molecule has 0 atom stereocenters. The van der Waals surface area contributed by atoms with Crippen molar-refractivity contribution < 1.29 is 19.5 Å². The molecular weight excluding hydrogens is 345 g/mol. The van der Waals surface area contributed by atoms with E-state index in [0.29, 0.717) is 5.69 Å². The van der Waals surface area contributed by atoms with Gasteiger partial charge in [0, 0.05) is 0 Å². The van der Waals surface area contributed by atoms with Gasteiger partial charge < -0.3 is 14.9 Å². The van der Waals surface area contributed by atoms with Crippen LogP contribution in [0, 0.1) is 13.8 Å². The minimum absolute atomic E-state index is 0. The molecule has 0 saturated carbocycles. The van der Waals surface area contributed by atoms with Gasteiger partial charge in [-0.3, -0.25) is 4.57 Å². The molecule has 1 aromatic rings. The molecule has 0 aromatic heterocycles. The van der Waals surface area contributed by atoms with Gasteiger partial charge >= 0.3 is 109 Å². The molecule has 4 N–H and O–H groups in total. The number of nitrogens with one attached hydrogen (secondary N) is 1. The number of benzene rings is 1. The van der Waals surface area contributed by atoms with Gasteiger partial charge in [0.2, 0.25) is 5.88 Å². The molecule has 1 aliphatic heterocycles. The van der Waals surface area contributed by atoms with Gasteiger partial charge in [0.15, 0.2) is 0 Å². The fraction of sp³-hybridized carbons (Fsp3) is 0.333. The average Bonchev–Trinajstić information content (AvgIpc) is 2.72. The zero-order valence-electron chi connectivity index (χ0n) is 12.1. The van der Waals surface area contributed by atoms with E-state index in [4.69, 9.17) is 9.79 Å². The summed E-state index contributed by atoms with van der Waals surface area (Å²) in [5, 5.41) is 10.9. The van der Waals surface area contributed by atoms with Gasteiger partial charge in [-0.05, 0) is 37.1 Å². The quantitative estimate of drug-likeness (QED) is 0.464. The van der Waals surface area contributed by atoms with Crippen LogP contribution in [0.3, 0.4) is 0 Å². The van der Waals surface area contributed by atoms with Crippen LogP contribution in [0.15, 0.2) is 29.4 Å². The van der Waals surface area contributed by atoms with E-state index in [9.17, 15) is 9.67 Å². The first-order valence-electron chi connectivity index (χ1n) is 6.39. The third-order valence-corrected chi connectivity index (χ3v) is 3.75. The zero-order valence-corrected chi connectivity index (χ0v) is 16.1. The molecule has 2 rings (SSSR count). The third kappa shape index (κ3) is 6.39. The average molecular weight is 364 g/mol. The third-order valence-electron chi connectivity index (χ3n) is 2.69. The number of rotatable bonds is 2. The molecule has 1 aliphatic rings. The molecule has 0 spiro atoms. The zero-order chi connectivity index (χ0) is 15.5. The van der Waals surface area contributed by atoms with Gasteiger partial charge in [0.25, 0.3) is 0 Å². The van der Waals surface area contributed by atoms with Crippen LogP contribution in [0.5, 0.6) is 0 Å².